The van der Waals surface area contributed by atoms with Crippen molar-refractivity contribution in [3.05, 3.63) is 71.9 Å². The molecule has 5 rings (SSSR count). The van der Waals surface area contributed by atoms with Crippen LogP contribution < -0.4 is 5.32 Å². The molecule has 0 radical (unpaired) electrons. The minimum atomic E-state index is -0.411. The van der Waals surface area contributed by atoms with Crippen LogP contribution in [-0.2, 0) is 29.1 Å². The second kappa shape index (κ2) is 9.10. The summed E-state index contributed by atoms with van der Waals surface area (Å²) in [6.07, 6.45) is 4.25. The number of amides is 4. The van der Waals surface area contributed by atoms with Crippen LogP contribution >= 0.6 is 0 Å². The Balaban J connectivity index is 1.05. The van der Waals surface area contributed by atoms with Crippen LogP contribution in [0.1, 0.15) is 30.4 Å². The second-order valence-electron chi connectivity index (χ2n) is 8.76. The summed E-state index contributed by atoms with van der Waals surface area (Å²) in [5, 5.41) is 4.17. The van der Waals surface area contributed by atoms with Crippen LogP contribution in [0.25, 0.3) is 10.9 Å². The summed E-state index contributed by atoms with van der Waals surface area (Å²) in [4.78, 5) is 40.8. The quantitative estimate of drug-likeness (QED) is 0.428. The molecule has 1 atom stereocenters. The van der Waals surface area contributed by atoms with Crippen molar-refractivity contribution in [1.82, 2.24) is 19.7 Å². The molecule has 1 aromatic heterocycles. The average Bonchev–Trinajstić information content (AvgIpc) is 3.35. The number of carbonyl (C=O) groups is 3. The Bertz CT molecular complexity index is 1160. The lowest BCUT2D eigenvalue weighted by atomic mass is 9.95. The first-order valence-corrected chi connectivity index (χ1v) is 11.6. The van der Waals surface area contributed by atoms with Crippen molar-refractivity contribution in [2.45, 2.75) is 44.8 Å². The number of nitrogens with one attached hydrogen (secondary N) is 1. The lowest BCUT2D eigenvalue weighted by Crippen LogP contribution is -2.39. The Morgan fingerprint density at radius 1 is 0.939 bits per heavy atom. The topological polar surface area (TPSA) is 74.7 Å². The summed E-state index contributed by atoms with van der Waals surface area (Å²) in [6, 6.07) is 17.7. The molecule has 3 heterocycles. The molecule has 170 valence electrons. The van der Waals surface area contributed by atoms with Gasteiger partial charge >= 0.3 is 6.03 Å². The Morgan fingerprint density at radius 2 is 1.73 bits per heavy atom. The highest BCUT2D eigenvalue weighted by atomic mass is 16.2. The number of fused-ring (bicyclic) bond motifs is 3. The van der Waals surface area contributed by atoms with Crippen molar-refractivity contribution in [2.75, 3.05) is 13.1 Å². The number of carbonyl (C=O) groups excluding carboxylic acids is 3. The molecule has 0 unspecified atom stereocenters. The van der Waals surface area contributed by atoms with E-state index in [9.17, 15) is 14.4 Å². The van der Waals surface area contributed by atoms with E-state index in [1.807, 2.05) is 36.4 Å². The zero-order valence-corrected chi connectivity index (χ0v) is 18.6. The van der Waals surface area contributed by atoms with Crippen LogP contribution in [0.3, 0.4) is 0 Å². The van der Waals surface area contributed by atoms with Crippen molar-refractivity contribution in [3.63, 3.8) is 0 Å². The normalized spacial score (nSPS) is 17.4. The van der Waals surface area contributed by atoms with Crippen molar-refractivity contribution < 1.29 is 14.4 Å². The van der Waals surface area contributed by atoms with E-state index < -0.39 is 6.04 Å². The molecule has 0 spiro atoms. The van der Waals surface area contributed by atoms with Crippen LogP contribution in [0.2, 0.25) is 0 Å². The number of benzene rings is 2. The van der Waals surface area contributed by atoms with E-state index in [1.54, 1.807) is 4.90 Å². The van der Waals surface area contributed by atoms with E-state index in [4.69, 9.17) is 0 Å². The van der Waals surface area contributed by atoms with E-state index in [2.05, 4.69) is 34.3 Å². The lowest BCUT2D eigenvalue weighted by Gasteiger charge is -2.28. The Morgan fingerprint density at radius 3 is 2.61 bits per heavy atom. The molecule has 4 amide bonds. The number of urea groups is 1. The molecule has 0 bridgehead atoms. The molecule has 2 aliphatic rings. The maximum atomic E-state index is 12.8. The Labute approximate surface area is 193 Å². The summed E-state index contributed by atoms with van der Waals surface area (Å²) in [7, 11) is 0. The van der Waals surface area contributed by atoms with E-state index in [1.165, 1.54) is 15.8 Å². The van der Waals surface area contributed by atoms with Gasteiger partial charge in [-0.2, -0.15) is 0 Å². The number of aromatic nitrogens is 1. The van der Waals surface area contributed by atoms with Gasteiger partial charge < -0.3 is 14.8 Å². The largest absolute Gasteiger partial charge is 0.356 e. The Hall–Kier alpha value is -3.61. The van der Waals surface area contributed by atoms with Gasteiger partial charge in [-0.25, -0.2) is 4.79 Å². The van der Waals surface area contributed by atoms with Crippen LogP contribution in [0.4, 0.5) is 4.79 Å². The van der Waals surface area contributed by atoms with Crippen molar-refractivity contribution in [2.24, 2.45) is 0 Å². The molecule has 1 fully saturated rings. The standard InChI is InChI=1S/C26H28N4O3/c31-24(27-13-6-14-28-16-12-19-7-3-4-10-22(19)28)11-5-15-29-25(32)23-17-20-8-1-2-9-21(20)18-30(23)26(29)33/h1-4,7-10,12,16,23H,5-6,11,13-15,17-18H2,(H,27,31)/t23-/m0/s1. The third-order valence-corrected chi connectivity index (χ3v) is 6.64. The fourth-order valence-electron chi connectivity index (χ4n) is 4.88. The molecule has 2 aromatic carbocycles. The number of rotatable bonds is 8. The molecule has 7 heteroatoms. The predicted molar refractivity (Wildman–Crippen MR) is 125 cm³/mol. The molecule has 33 heavy (non-hydrogen) atoms. The minimum absolute atomic E-state index is 0.0448. The molecule has 1 saturated heterocycles. The zero-order chi connectivity index (χ0) is 22.8. The number of hydrogen-bond donors (Lipinski definition) is 1. The number of imide groups is 1. The maximum Gasteiger partial charge on any atom is 0.327 e. The molecule has 1 N–H and O–H groups in total. The fraction of sp³-hybridized carbons (Fsp3) is 0.346. The molecule has 3 aromatic rings. The molecular formula is C26H28N4O3. The third kappa shape index (κ3) is 4.23. The van der Waals surface area contributed by atoms with Gasteiger partial charge in [0, 0.05) is 50.7 Å². The number of hydrogen-bond acceptors (Lipinski definition) is 3. The van der Waals surface area contributed by atoms with E-state index >= 15 is 0 Å². The van der Waals surface area contributed by atoms with Crippen molar-refractivity contribution >= 4 is 28.7 Å². The zero-order valence-electron chi connectivity index (χ0n) is 18.6. The summed E-state index contributed by atoms with van der Waals surface area (Å²) >= 11 is 0. The summed E-state index contributed by atoms with van der Waals surface area (Å²) < 4.78 is 2.19. The van der Waals surface area contributed by atoms with Gasteiger partial charge in [0.2, 0.25) is 5.91 Å². The molecular weight excluding hydrogens is 416 g/mol. The smallest absolute Gasteiger partial charge is 0.327 e. The minimum Gasteiger partial charge on any atom is -0.356 e. The van der Waals surface area contributed by atoms with Gasteiger partial charge in [0.05, 0.1) is 0 Å². The van der Waals surface area contributed by atoms with E-state index in [-0.39, 0.29) is 24.4 Å². The first-order chi connectivity index (χ1) is 16.1. The second-order valence-corrected chi connectivity index (χ2v) is 8.76. The van der Waals surface area contributed by atoms with Crippen LogP contribution in [-0.4, -0.2) is 51.3 Å². The van der Waals surface area contributed by atoms with Gasteiger partial charge in [-0.05, 0) is 41.5 Å². The molecule has 7 nitrogen and oxygen atoms in total. The Kier molecular flexibility index (Phi) is 5.86. The first-order valence-electron chi connectivity index (χ1n) is 11.6. The van der Waals surface area contributed by atoms with Crippen LogP contribution in [0.15, 0.2) is 60.8 Å². The predicted octanol–water partition coefficient (Wildman–Crippen LogP) is 3.32. The molecule has 0 saturated carbocycles. The molecule has 2 aliphatic heterocycles. The van der Waals surface area contributed by atoms with E-state index in [0.717, 1.165) is 24.1 Å². The van der Waals surface area contributed by atoms with Gasteiger partial charge in [-0.1, -0.05) is 42.5 Å². The lowest BCUT2D eigenvalue weighted by molar-refractivity contribution is -0.129. The number of para-hydroxylation sites is 1. The highest BCUT2D eigenvalue weighted by Crippen LogP contribution is 2.30. The third-order valence-electron chi connectivity index (χ3n) is 6.64. The van der Waals surface area contributed by atoms with Gasteiger partial charge in [-0.15, -0.1) is 0 Å². The van der Waals surface area contributed by atoms with Gasteiger partial charge in [0.1, 0.15) is 6.04 Å². The van der Waals surface area contributed by atoms with Crippen LogP contribution in [0.5, 0.6) is 0 Å². The summed E-state index contributed by atoms with van der Waals surface area (Å²) in [5.74, 6) is -0.189. The maximum absolute atomic E-state index is 12.8. The first kappa shape index (κ1) is 21.2. The van der Waals surface area contributed by atoms with Crippen molar-refractivity contribution in [3.8, 4) is 0 Å². The number of aryl methyl sites for hydroxylation is 1. The van der Waals surface area contributed by atoms with Gasteiger partial charge in [0.15, 0.2) is 0 Å². The van der Waals surface area contributed by atoms with E-state index in [0.29, 0.717) is 32.4 Å². The van der Waals surface area contributed by atoms with Gasteiger partial charge in [0.25, 0.3) is 5.91 Å². The average molecular weight is 445 g/mol. The highest BCUT2D eigenvalue weighted by molar-refractivity contribution is 6.04. The fourth-order valence-corrected chi connectivity index (χ4v) is 4.88. The number of nitrogens with zero attached hydrogens (tertiary/aromatic N) is 3. The monoisotopic (exact) mass is 444 g/mol. The summed E-state index contributed by atoms with van der Waals surface area (Å²) in [5.41, 5.74) is 3.43. The van der Waals surface area contributed by atoms with Crippen LogP contribution in [0, 0.1) is 0 Å². The summed E-state index contributed by atoms with van der Waals surface area (Å²) in [6.45, 7) is 2.19. The molecule has 0 aliphatic carbocycles. The SMILES string of the molecule is O=C(CCCN1C(=O)[C@@H]2Cc3ccccc3CN2C1=O)NCCCn1ccc2ccccc21. The van der Waals surface area contributed by atoms with Crippen molar-refractivity contribution in [1.29, 1.82) is 0 Å². The highest BCUT2D eigenvalue weighted by Gasteiger charge is 2.46. The van der Waals surface area contributed by atoms with Gasteiger partial charge in [-0.3, -0.25) is 14.5 Å².